The summed E-state index contributed by atoms with van der Waals surface area (Å²) in [5.74, 6) is 1.13. The van der Waals surface area contributed by atoms with Crippen molar-refractivity contribution in [2.24, 2.45) is 0 Å². The summed E-state index contributed by atoms with van der Waals surface area (Å²) in [6, 6.07) is 5.81. The van der Waals surface area contributed by atoms with Crippen molar-refractivity contribution in [1.29, 1.82) is 0 Å². The lowest BCUT2D eigenvalue weighted by atomic mass is 9.72. The maximum atomic E-state index is 12.7. The Balaban J connectivity index is 1.96. The molecular weight excluding hydrogens is 226 g/mol. The number of methoxy groups -OCH3 is 1. The van der Waals surface area contributed by atoms with Crippen LogP contribution >= 0.6 is 0 Å². The smallest absolute Gasteiger partial charge is 0.183 e. The van der Waals surface area contributed by atoms with Gasteiger partial charge in [0.2, 0.25) is 0 Å². The molecule has 1 aliphatic heterocycles. The van der Waals surface area contributed by atoms with E-state index in [1.165, 1.54) is 6.42 Å². The van der Waals surface area contributed by atoms with Gasteiger partial charge in [0, 0.05) is 5.56 Å². The van der Waals surface area contributed by atoms with Gasteiger partial charge in [0.05, 0.1) is 12.6 Å². The van der Waals surface area contributed by atoms with Gasteiger partial charge < -0.3 is 10.1 Å². The number of ether oxygens (including phenoxy) is 1. The third kappa shape index (κ3) is 1.74. The van der Waals surface area contributed by atoms with Crippen LogP contribution in [0.4, 0.5) is 0 Å². The van der Waals surface area contributed by atoms with Crippen molar-refractivity contribution in [3.05, 3.63) is 29.3 Å². The molecule has 0 bridgehead atoms. The molecule has 0 amide bonds. The molecule has 3 nitrogen and oxygen atoms in total. The van der Waals surface area contributed by atoms with Gasteiger partial charge in [0.1, 0.15) is 5.75 Å². The fourth-order valence-corrected chi connectivity index (χ4v) is 3.22. The molecule has 1 heterocycles. The quantitative estimate of drug-likeness (QED) is 0.825. The van der Waals surface area contributed by atoms with Crippen LogP contribution in [0.15, 0.2) is 18.2 Å². The zero-order chi connectivity index (χ0) is 12.6. The first-order chi connectivity index (χ1) is 8.75. The van der Waals surface area contributed by atoms with Crippen LogP contribution in [0.25, 0.3) is 0 Å². The lowest BCUT2D eigenvalue weighted by Gasteiger charge is -2.40. The van der Waals surface area contributed by atoms with Crippen LogP contribution in [-0.4, -0.2) is 25.0 Å². The number of carbonyl (C=O) groups is 1. The highest BCUT2D eigenvalue weighted by Gasteiger charge is 2.42. The van der Waals surface area contributed by atoms with E-state index >= 15 is 0 Å². The number of rotatable bonds is 1. The number of ketones is 1. The molecule has 2 aliphatic rings. The highest BCUT2D eigenvalue weighted by molar-refractivity contribution is 6.05. The van der Waals surface area contributed by atoms with Gasteiger partial charge >= 0.3 is 0 Å². The Hall–Kier alpha value is -1.35. The molecule has 3 rings (SSSR count). The van der Waals surface area contributed by atoms with E-state index in [0.29, 0.717) is 0 Å². The van der Waals surface area contributed by atoms with E-state index in [0.717, 1.165) is 49.1 Å². The Morgan fingerprint density at radius 3 is 2.89 bits per heavy atom. The third-order valence-corrected chi connectivity index (χ3v) is 4.31. The molecule has 96 valence electrons. The lowest BCUT2D eigenvalue weighted by Crippen LogP contribution is -2.56. The van der Waals surface area contributed by atoms with Crippen molar-refractivity contribution in [3.63, 3.8) is 0 Å². The first kappa shape index (κ1) is 11.7. The van der Waals surface area contributed by atoms with Crippen LogP contribution in [-0.2, 0) is 6.42 Å². The number of nitrogens with one attached hydrogen (secondary N) is 1. The van der Waals surface area contributed by atoms with E-state index < -0.39 is 0 Å². The van der Waals surface area contributed by atoms with Crippen molar-refractivity contribution in [1.82, 2.24) is 5.32 Å². The largest absolute Gasteiger partial charge is 0.497 e. The molecule has 18 heavy (non-hydrogen) atoms. The first-order valence-corrected chi connectivity index (χ1v) is 6.72. The topological polar surface area (TPSA) is 38.3 Å². The average Bonchev–Trinajstić information content (AvgIpc) is 2.44. The van der Waals surface area contributed by atoms with E-state index in [1.807, 2.05) is 18.2 Å². The number of Topliss-reactive ketones (excluding diaryl/α,β-unsaturated/α-hetero) is 1. The second-order valence-electron chi connectivity index (χ2n) is 5.32. The predicted molar refractivity (Wildman–Crippen MR) is 70.2 cm³/mol. The fourth-order valence-electron chi connectivity index (χ4n) is 3.22. The van der Waals surface area contributed by atoms with Crippen molar-refractivity contribution < 1.29 is 9.53 Å². The Morgan fingerprint density at radius 2 is 2.17 bits per heavy atom. The highest BCUT2D eigenvalue weighted by Crippen LogP contribution is 2.35. The molecule has 0 saturated carbocycles. The summed E-state index contributed by atoms with van der Waals surface area (Å²) in [6.07, 6.45) is 5.21. The summed E-state index contributed by atoms with van der Waals surface area (Å²) < 4.78 is 5.23. The first-order valence-electron chi connectivity index (χ1n) is 6.72. The van der Waals surface area contributed by atoms with Crippen molar-refractivity contribution in [2.75, 3.05) is 13.7 Å². The second-order valence-corrected chi connectivity index (χ2v) is 5.32. The van der Waals surface area contributed by atoms with Crippen LogP contribution in [0, 0.1) is 0 Å². The maximum absolute atomic E-state index is 12.7. The van der Waals surface area contributed by atoms with Gasteiger partial charge in [0.15, 0.2) is 5.78 Å². The zero-order valence-electron chi connectivity index (χ0n) is 10.8. The fraction of sp³-hybridized carbons (Fsp3) is 0.533. The van der Waals surface area contributed by atoms with Crippen LogP contribution in [0.2, 0.25) is 0 Å². The van der Waals surface area contributed by atoms with Gasteiger partial charge in [-0.05, 0) is 62.4 Å². The normalized spacial score (nSPS) is 27.1. The molecule has 0 radical (unpaired) electrons. The summed E-state index contributed by atoms with van der Waals surface area (Å²) >= 11 is 0. The summed E-state index contributed by atoms with van der Waals surface area (Å²) in [5.41, 5.74) is 1.74. The van der Waals surface area contributed by atoms with Gasteiger partial charge in [-0.2, -0.15) is 0 Å². The van der Waals surface area contributed by atoms with Gasteiger partial charge in [-0.25, -0.2) is 0 Å². The Morgan fingerprint density at radius 1 is 1.28 bits per heavy atom. The molecule has 0 unspecified atom stereocenters. The van der Waals surface area contributed by atoms with Gasteiger partial charge in [-0.15, -0.1) is 0 Å². The number of fused-ring (bicyclic) bond motifs is 1. The number of piperidine rings is 1. The lowest BCUT2D eigenvalue weighted by molar-refractivity contribution is 0.0782. The van der Waals surface area contributed by atoms with Crippen molar-refractivity contribution >= 4 is 5.78 Å². The molecule has 3 heteroatoms. The van der Waals surface area contributed by atoms with Crippen LogP contribution < -0.4 is 10.1 Å². The monoisotopic (exact) mass is 245 g/mol. The molecule has 1 N–H and O–H groups in total. The number of aryl methyl sites for hydroxylation is 1. The molecule has 1 atom stereocenters. The Bertz CT molecular complexity index is 475. The number of hydrogen-bond donors (Lipinski definition) is 1. The molecule has 1 fully saturated rings. The number of benzene rings is 1. The Kier molecular flexibility index (Phi) is 2.86. The SMILES string of the molecule is COc1ccc2c(c1)CC[C@]1(CCCCN1)C2=O. The summed E-state index contributed by atoms with van der Waals surface area (Å²) in [5, 5.41) is 3.47. The molecule has 1 saturated heterocycles. The van der Waals surface area contributed by atoms with E-state index in [4.69, 9.17) is 4.74 Å². The standard InChI is InChI=1S/C15H19NO2/c1-18-12-4-5-13-11(10-12)6-8-15(14(13)17)7-2-3-9-16-15/h4-5,10,16H,2-3,6-9H2,1H3/t15-/m1/s1. The second kappa shape index (κ2) is 4.39. The molecule has 1 aromatic carbocycles. The van der Waals surface area contributed by atoms with E-state index in [9.17, 15) is 4.79 Å². The maximum Gasteiger partial charge on any atom is 0.183 e. The van der Waals surface area contributed by atoms with E-state index in [-0.39, 0.29) is 11.3 Å². The zero-order valence-corrected chi connectivity index (χ0v) is 10.8. The van der Waals surface area contributed by atoms with Gasteiger partial charge in [-0.3, -0.25) is 4.79 Å². The van der Waals surface area contributed by atoms with E-state index in [2.05, 4.69) is 5.32 Å². The summed E-state index contributed by atoms with van der Waals surface area (Å²) in [4.78, 5) is 12.7. The highest BCUT2D eigenvalue weighted by atomic mass is 16.5. The van der Waals surface area contributed by atoms with Crippen LogP contribution in [0.1, 0.15) is 41.6 Å². The third-order valence-electron chi connectivity index (χ3n) is 4.31. The van der Waals surface area contributed by atoms with Crippen LogP contribution in [0.5, 0.6) is 5.75 Å². The number of hydrogen-bond acceptors (Lipinski definition) is 3. The summed E-state index contributed by atoms with van der Waals surface area (Å²) in [6.45, 7) is 0.969. The van der Waals surface area contributed by atoms with Crippen molar-refractivity contribution in [2.45, 2.75) is 37.6 Å². The minimum Gasteiger partial charge on any atom is -0.497 e. The minimum absolute atomic E-state index is 0.278. The minimum atomic E-state index is -0.278. The van der Waals surface area contributed by atoms with E-state index in [1.54, 1.807) is 7.11 Å². The summed E-state index contributed by atoms with van der Waals surface area (Å²) in [7, 11) is 1.66. The predicted octanol–water partition coefficient (Wildman–Crippen LogP) is 2.34. The molecule has 1 aromatic rings. The van der Waals surface area contributed by atoms with Crippen molar-refractivity contribution in [3.8, 4) is 5.75 Å². The Labute approximate surface area is 108 Å². The molecule has 1 spiro atoms. The van der Waals surface area contributed by atoms with Crippen LogP contribution in [0.3, 0.4) is 0 Å². The molecule has 1 aliphatic carbocycles. The van der Waals surface area contributed by atoms with Gasteiger partial charge in [0.25, 0.3) is 0 Å². The van der Waals surface area contributed by atoms with Gasteiger partial charge in [-0.1, -0.05) is 0 Å². The average molecular weight is 245 g/mol. The molecular formula is C15H19NO2. The molecule has 0 aromatic heterocycles. The number of carbonyl (C=O) groups excluding carboxylic acids is 1.